The van der Waals surface area contributed by atoms with Crippen LogP contribution >= 0.6 is 0 Å². The molecular weight excluding hydrogens is 258 g/mol. The molecule has 0 aromatic carbocycles. The van der Waals surface area contributed by atoms with Gasteiger partial charge in [0.25, 0.3) is 0 Å². The lowest BCUT2D eigenvalue weighted by Gasteiger charge is -2.35. The lowest BCUT2D eigenvalue weighted by atomic mass is 9.93. The molecule has 0 unspecified atom stereocenters. The van der Waals surface area contributed by atoms with Gasteiger partial charge in [0.05, 0.1) is 30.6 Å². The maximum absolute atomic E-state index is 11.9. The Bertz CT molecular complexity index is 335. The van der Waals surface area contributed by atoms with Crippen molar-refractivity contribution < 1.29 is 23.0 Å². The van der Waals surface area contributed by atoms with Gasteiger partial charge in [-0.3, -0.25) is 0 Å². The van der Waals surface area contributed by atoms with Crippen molar-refractivity contribution in [3.8, 4) is 0 Å². The summed E-state index contributed by atoms with van der Waals surface area (Å²) < 4.78 is 36.8. The average molecular weight is 281 g/mol. The van der Waals surface area contributed by atoms with E-state index in [0.29, 0.717) is 26.1 Å². The van der Waals surface area contributed by atoms with Crippen LogP contribution in [0.15, 0.2) is 0 Å². The first-order chi connectivity index (χ1) is 8.39. The summed E-state index contributed by atoms with van der Waals surface area (Å²) in [4.78, 5) is 0. The molecule has 1 rings (SSSR count). The minimum absolute atomic E-state index is 0.00934. The van der Waals surface area contributed by atoms with E-state index in [1.165, 1.54) is 0 Å². The predicted octanol–water partition coefficient (Wildman–Crippen LogP) is -0.128. The zero-order valence-electron chi connectivity index (χ0n) is 11.0. The van der Waals surface area contributed by atoms with Crippen molar-refractivity contribution in [1.82, 2.24) is 4.72 Å². The molecule has 7 heteroatoms. The minimum Gasteiger partial charge on any atom is -0.394 e. The Morgan fingerprint density at radius 2 is 2.00 bits per heavy atom. The number of nitrogens with one attached hydrogen (secondary N) is 1. The number of hydrogen-bond donors (Lipinski definition) is 2. The molecule has 0 aromatic rings. The summed E-state index contributed by atoms with van der Waals surface area (Å²) >= 11 is 0. The van der Waals surface area contributed by atoms with Gasteiger partial charge < -0.3 is 14.6 Å². The summed E-state index contributed by atoms with van der Waals surface area (Å²) in [6.45, 7) is 4.59. The first-order valence-corrected chi connectivity index (χ1v) is 7.86. The predicted molar refractivity (Wildman–Crippen MR) is 67.9 cm³/mol. The van der Waals surface area contributed by atoms with Crippen molar-refractivity contribution in [3.05, 3.63) is 0 Å². The highest BCUT2D eigenvalue weighted by molar-refractivity contribution is 7.89. The standard InChI is InChI=1S/C11H23NO5S/c1-10(2)17-7-8-18(14,15)12-11(9-13)3-5-16-6-4-11/h10,12-13H,3-9H2,1-2H3. The number of aliphatic hydroxyl groups excluding tert-OH is 1. The van der Waals surface area contributed by atoms with Crippen LogP contribution in [0, 0.1) is 0 Å². The van der Waals surface area contributed by atoms with Crippen LogP contribution < -0.4 is 4.72 Å². The van der Waals surface area contributed by atoms with E-state index in [9.17, 15) is 13.5 Å². The summed E-state index contributed by atoms with van der Waals surface area (Å²) in [6, 6.07) is 0. The summed E-state index contributed by atoms with van der Waals surface area (Å²) in [5.41, 5.74) is -0.769. The van der Waals surface area contributed by atoms with Gasteiger partial charge in [0.15, 0.2) is 0 Å². The fourth-order valence-electron chi connectivity index (χ4n) is 1.83. The quantitative estimate of drug-likeness (QED) is 0.679. The van der Waals surface area contributed by atoms with Crippen LogP contribution in [0.3, 0.4) is 0 Å². The Labute approximate surface area is 109 Å². The lowest BCUT2D eigenvalue weighted by molar-refractivity contribution is 0.0221. The Balaban J connectivity index is 2.51. The average Bonchev–Trinajstić information content (AvgIpc) is 2.28. The highest BCUT2D eigenvalue weighted by atomic mass is 32.2. The maximum atomic E-state index is 11.9. The number of rotatable bonds is 7. The van der Waals surface area contributed by atoms with Gasteiger partial charge in [-0.1, -0.05) is 0 Å². The molecule has 0 amide bonds. The third-order valence-electron chi connectivity index (χ3n) is 2.93. The van der Waals surface area contributed by atoms with Gasteiger partial charge in [-0.25, -0.2) is 13.1 Å². The third kappa shape index (κ3) is 5.19. The molecule has 0 bridgehead atoms. The third-order valence-corrected chi connectivity index (χ3v) is 4.38. The molecule has 0 radical (unpaired) electrons. The van der Waals surface area contributed by atoms with Crippen molar-refractivity contribution in [2.75, 3.05) is 32.2 Å². The first kappa shape index (κ1) is 15.8. The Morgan fingerprint density at radius 3 is 2.50 bits per heavy atom. The van der Waals surface area contributed by atoms with Crippen molar-refractivity contribution in [1.29, 1.82) is 0 Å². The van der Waals surface area contributed by atoms with Gasteiger partial charge in [0.1, 0.15) is 0 Å². The number of hydrogen-bond acceptors (Lipinski definition) is 5. The van der Waals surface area contributed by atoms with Gasteiger partial charge >= 0.3 is 0 Å². The van der Waals surface area contributed by atoms with E-state index in [1.54, 1.807) is 0 Å². The summed E-state index contributed by atoms with van der Waals surface area (Å²) in [7, 11) is -3.44. The van der Waals surface area contributed by atoms with Gasteiger partial charge in [-0.15, -0.1) is 0 Å². The normalized spacial score (nSPS) is 20.2. The summed E-state index contributed by atoms with van der Waals surface area (Å²) in [6.07, 6.45) is 0.997. The second kappa shape index (κ2) is 6.81. The molecule has 0 aliphatic carbocycles. The number of aliphatic hydroxyl groups is 1. The Hall–Kier alpha value is -0.210. The lowest BCUT2D eigenvalue weighted by Crippen LogP contribution is -2.55. The van der Waals surface area contributed by atoms with Crippen molar-refractivity contribution in [3.63, 3.8) is 0 Å². The van der Waals surface area contributed by atoms with Crippen LogP contribution in [-0.2, 0) is 19.5 Å². The van der Waals surface area contributed by atoms with Crippen molar-refractivity contribution in [2.45, 2.75) is 38.3 Å². The summed E-state index contributed by atoms with van der Waals surface area (Å²) in [5, 5.41) is 9.40. The highest BCUT2D eigenvalue weighted by Gasteiger charge is 2.35. The molecule has 0 aromatic heterocycles. The molecule has 0 saturated carbocycles. The highest BCUT2D eigenvalue weighted by Crippen LogP contribution is 2.21. The largest absolute Gasteiger partial charge is 0.394 e. The van der Waals surface area contributed by atoms with Gasteiger partial charge in [0.2, 0.25) is 10.0 Å². The smallest absolute Gasteiger partial charge is 0.214 e. The molecule has 2 N–H and O–H groups in total. The molecular formula is C11H23NO5S. The minimum atomic E-state index is -3.44. The molecule has 1 aliphatic rings. The second-order valence-corrected chi connectivity index (χ2v) is 6.73. The van der Waals surface area contributed by atoms with E-state index in [1.807, 2.05) is 13.8 Å². The van der Waals surface area contributed by atoms with E-state index in [0.717, 1.165) is 0 Å². The Morgan fingerprint density at radius 1 is 1.39 bits per heavy atom. The molecule has 6 nitrogen and oxygen atoms in total. The molecule has 1 heterocycles. The van der Waals surface area contributed by atoms with E-state index in [4.69, 9.17) is 9.47 Å². The molecule has 1 aliphatic heterocycles. The molecule has 18 heavy (non-hydrogen) atoms. The van der Waals surface area contributed by atoms with Crippen molar-refractivity contribution in [2.24, 2.45) is 0 Å². The van der Waals surface area contributed by atoms with Crippen LogP contribution in [0.1, 0.15) is 26.7 Å². The zero-order chi connectivity index (χ0) is 13.6. The van der Waals surface area contributed by atoms with E-state index < -0.39 is 15.6 Å². The monoisotopic (exact) mass is 281 g/mol. The SMILES string of the molecule is CC(C)OCCS(=O)(=O)NC1(CO)CCOCC1. The second-order valence-electron chi connectivity index (χ2n) is 4.89. The van der Waals surface area contributed by atoms with Crippen molar-refractivity contribution >= 4 is 10.0 Å². The van der Waals surface area contributed by atoms with E-state index >= 15 is 0 Å². The molecule has 1 fully saturated rings. The molecule has 1 saturated heterocycles. The molecule has 108 valence electrons. The van der Waals surface area contributed by atoms with E-state index in [-0.39, 0.29) is 25.1 Å². The van der Waals surface area contributed by atoms with Crippen LogP contribution in [0.25, 0.3) is 0 Å². The topological polar surface area (TPSA) is 84.9 Å². The fraction of sp³-hybridized carbons (Fsp3) is 1.00. The van der Waals surface area contributed by atoms with Crippen LogP contribution in [0.4, 0.5) is 0 Å². The number of sulfonamides is 1. The van der Waals surface area contributed by atoms with Gasteiger partial charge in [-0.2, -0.15) is 0 Å². The first-order valence-electron chi connectivity index (χ1n) is 6.21. The Kier molecular flexibility index (Phi) is 6.00. The van der Waals surface area contributed by atoms with E-state index in [2.05, 4.69) is 4.72 Å². The van der Waals surface area contributed by atoms with Gasteiger partial charge in [-0.05, 0) is 26.7 Å². The maximum Gasteiger partial charge on any atom is 0.214 e. The van der Waals surface area contributed by atoms with Gasteiger partial charge in [0, 0.05) is 13.2 Å². The number of ether oxygens (including phenoxy) is 2. The van der Waals surface area contributed by atoms with Crippen LogP contribution in [-0.4, -0.2) is 57.3 Å². The molecule has 0 atom stereocenters. The van der Waals surface area contributed by atoms with Crippen LogP contribution in [0.2, 0.25) is 0 Å². The van der Waals surface area contributed by atoms with Crippen LogP contribution in [0.5, 0.6) is 0 Å². The summed E-state index contributed by atoms with van der Waals surface area (Å²) in [5.74, 6) is -0.0895. The molecule has 0 spiro atoms. The fourth-order valence-corrected chi connectivity index (χ4v) is 3.18. The zero-order valence-corrected chi connectivity index (χ0v) is 11.8.